The van der Waals surface area contributed by atoms with Crippen molar-refractivity contribution >= 4 is 5.70 Å². The van der Waals surface area contributed by atoms with Crippen LogP contribution in [-0.2, 0) is 6.54 Å². The highest BCUT2D eigenvalue weighted by Gasteiger charge is 2.39. The summed E-state index contributed by atoms with van der Waals surface area (Å²) < 4.78 is 66.3. The standard InChI is InChI=1S/C13H9F5N4/c14-7-1-2-11(9(15)3-7)22-12-6-21(13(16,17)18)5-10(19)8(12)4-20-22/h1-5H,6,19H2. The molecule has 4 nitrogen and oxygen atoms in total. The average molecular weight is 316 g/mol. The minimum Gasteiger partial charge on any atom is -0.397 e. The second-order valence-electron chi connectivity index (χ2n) is 4.69. The number of rotatable bonds is 1. The molecule has 1 aliphatic heterocycles. The van der Waals surface area contributed by atoms with Crippen molar-refractivity contribution in [2.75, 3.05) is 0 Å². The predicted molar refractivity (Wildman–Crippen MR) is 67.2 cm³/mol. The summed E-state index contributed by atoms with van der Waals surface area (Å²) in [6.07, 6.45) is -2.62. The number of hydrogen-bond acceptors (Lipinski definition) is 3. The van der Waals surface area contributed by atoms with Crippen LogP contribution in [0, 0.1) is 11.6 Å². The fourth-order valence-corrected chi connectivity index (χ4v) is 2.23. The first-order valence-electron chi connectivity index (χ1n) is 6.11. The molecule has 0 spiro atoms. The van der Waals surface area contributed by atoms with Crippen LogP contribution in [0.15, 0.2) is 30.6 Å². The summed E-state index contributed by atoms with van der Waals surface area (Å²) in [5.41, 5.74) is 5.67. The molecule has 2 N–H and O–H groups in total. The van der Waals surface area contributed by atoms with Crippen molar-refractivity contribution in [3.05, 3.63) is 53.5 Å². The van der Waals surface area contributed by atoms with E-state index in [1.54, 1.807) is 0 Å². The molecule has 2 heterocycles. The number of nitrogens with two attached hydrogens (primary N) is 1. The van der Waals surface area contributed by atoms with Gasteiger partial charge in [0.15, 0.2) is 5.82 Å². The molecular weight excluding hydrogens is 307 g/mol. The summed E-state index contributed by atoms with van der Waals surface area (Å²) in [5, 5.41) is 3.86. The van der Waals surface area contributed by atoms with Gasteiger partial charge in [0, 0.05) is 17.8 Å². The molecule has 1 aromatic heterocycles. The fraction of sp³-hybridized carbons (Fsp3) is 0.154. The Morgan fingerprint density at radius 1 is 1.18 bits per heavy atom. The third kappa shape index (κ3) is 2.28. The van der Waals surface area contributed by atoms with Crippen molar-refractivity contribution in [1.29, 1.82) is 0 Å². The quantitative estimate of drug-likeness (QED) is 0.650. The number of alkyl halides is 3. The third-order valence-electron chi connectivity index (χ3n) is 3.26. The highest BCUT2D eigenvalue weighted by Crippen LogP contribution is 2.32. The maximum absolute atomic E-state index is 13.8. The number of halogens is 5. The minimum absolute atomic E-state index is 0.0721. The molecule has 2 aromatic rings. The van der Waals surface area contributed by atoms with Gasteiger partial charge in [-0.05, 0) is 12.1 Å². The van der Waals surface area contributed by atoms with Crippen LogP contribution in [0.5, 0.6) is 0 Å². The fourth-order valence-electron chi connectivity index (χ4n) is 2.23. The smallest absolute Gasteiger partial charge is 0.397 e. The Bertz CT molecular complexity index is 762. The van der Waals surface area contributed by atoms with E-state index in [1.165, 1.54) is 6.20 Å². The Morgan fingerprint density at radius 3 is 2.55 bits per heavy atom. The Hall–Kier alpha value is -2.58. The highest BCUT2D eigenvalue weighted by molar-refractivity contribution is 5.66. The third-order valence-corrected chi connectivity index (χ3v) is 3.26. The normalized spacial score (nSPS) is 14.8. The molecular formula is C13H9F5N4. The van der Waals surface area contributed by atoms with Gasteiger partial charge < -0.3 is 5.73 Å². The van der Waals surface area contributed by atoms with Gasteiger partial charge in [-0.3, -0.25) is 4.90 Å². The molecule has 0 atom stereocenters. The lowest BCUT2D eigenvalue weighted by Gasteiger charge is -2.28. The molecule has 0 bridgehead atoms. The van der Waals surface area contributed by atoms with E-state index in [9.17, 15) is 22.0 Å². The van der Waals surface area contributed by atoms with E-state index < -0.39 is 24.5 Å². The predicted octanol–water partition coefficient (Wildman–Crippen LogP) is 2.74. The zero-order valence-corrected chi connectivity index (χ0v) is 10.9. The van der Waals surface area contributed by atoms with E-state index in [0.717, 1.165) is 23.0 Å². The van der Waals surface area contributed by atoms with E-state index in [2.05, 4.69) is 5.10 Å². The summed E-state index contributed by atoms with van der Waals surface area (Å²) in [6.45, 7) is -0.573. The van der Waals surface area contributed by atoms with Gasteiger partial charge in [-0.15, -0.1) is 0 Å². The van der Waals surface area contributed by atoms with Crippen LogP contribution in [0.2, 0.25) is 0 Å². The Morgan fingerprint density at radius 2 is 1.91 bits per heavy atom. The van der Waals surface area contributed by atoms with Gasteiger partial charge in [0.05, 0.1) is 24.1 Å². The summed E-state index contributed by atoms with van der Waals surface area (Å²) >= 11 is 0. The topological polar surface area (TPSA) is 47.1 Å². The van der Waals surface area contributed by atoms with Gasteiger partial charge in [-0.25, -0.2) is 13.5 Å². The highest BCUT2D eigenvalue weighted by atomic mass is 19.4. The summed E-state index contributed by atoms with van der Waals surface area (Å²) in [5.74, 6) is -1.73. The van der Waals surface area contributed by atoms with Crippen LogP contribution in [0.3, 0.4) is 0 Å². The number of hydrogen-bond donors (Lipinski definition) is 1. The van der Waals surface area contributed by atoms with E-state index in [4.69, 9.17) is 5.73 Å². The molecule has 22 heavy (non-hydrogen) atoms. The largest absolute Gasteiger partial charge is 0.484 e. The Labute approximate surface area is 121 Å². The van der Waals surface area contributed by atoms with Gasteiger partial charge in [-0.1, -0.05) is 0 Å². The number of aromatic nitrogens is 2. The van der Waals surface area contributed by atoms with E-state index in [-0.39, 0.29) is 27.5 Å². The van der Waals surface area contributed by atoms with Crippen LogP contribution in [0.4, 0.5) is 22.0 Å². The van der Waals surface area contributed by atoms with Gasteiger partial charge in [-0.2, -0.15) is 18.3 Å². The molecule has 0 amide bonds. The first-order valence-corrected chi connectivity index (χ1v) is 6.11. The van der Waals surface area contributed by atoms with Crippen molar-refractivity contribution in [2.45, 2.75) is 12.8 Å². The molecule has 0 unspecified atom stereocenters. The van der Waals surface area contributed by atoms with Gasteiger partial charge in [0.25, 0.3) is 0 Å². The zero-order valence-electron chi connectivity index (χ0n) is 10.9. The molecule has 116 valence electrons. The van der Waals surface area contributed by atoms with Crippen LogP contribution in [0.1, 0.15) is 11.3 Å². The van der Waals surface area contributed by atoms with Gasteiger partial charge in [0.1, 0.15) is 11.5 Å². The van der Waals surface area contributed by atoms with Crippen molar-refractivity contribution in [3.63, 3.8) is 0 Å². The number of benzene rings is 1. The van der Waals surface area contributed by atoms with E-state index in [0.29, 0.717) is 6.07 Å². The van der Waals surface area contributed by atoms with E-state index >= 15 is 0 Å². The van der Waals surface area contributed by atoms with Gasteiger partial charge >= 0.3 is 6.30 Å². The second-order valence-corrected chi connectivity index (χ2v) is 4.69. The molecule has 0 fully saturated rings. The number of nitrogens with zero attached hydrogens (tertiary/aromatic N) is 3. The molecule has 0 saturated heterocycles. The lowest BCUT2D eigenvalue weighted by Crippen LogP contribution is -2.36. The van der Waals surface area contributed by atoms with Crippen molar-refractivity contribution < 1.29 is 22.0 Å². The minimum atomic E-state index is -4.63. The first kappa shape index (κ1) is 14.4. The molecule has 0 aliphatic carbocycles. The SMILES string of the molecule is NC1=CN(C(F)(F)F)Cc2c1cnn2-c1ccc(F)cc1F. The molecule has 3 rings (SSSR count). The van der Waals surface area contributed by atoms with Crippen molar-refractivity contribution in [3.8, 4) is 5.69 Å². The van der Waals surface area contributed by atoms with Crippen LogP contribution >= 0.6 is 0 Å². The Kier molecular flexibility index (Phi) is 3.08. The molecule has 1 aliphatic rings. The van der Waals surface area contributed by atoms with Crippen molar-refractivity contribution in [2.24, 2.45) is 5.73 Å². The lowest BCUT2D eigenvalue weighted by atomic mass is 10.1. The Balaban J connectivity index is 2.11. The van der Waals surface area contributed by atoms with Crippen molar-refractivity contribution in [1.82, 2.24) is 14.7 Å². The molecule has 0 radical (unpaired) electrons. The second kappa shape index (κ2) is 4.72. The number of fused-ring (bicyclic) bond motifs is 1. The van der Waals surface area contributed by atoms with Gasteiger partial charge in [0.2, 0.25) is 0 Å². The first-order chi connectivity index (χ1) is 10.3. The van der Waals surface area contributed by atoms with E-state index in [1.807, 2.05) is 0 Å². The lowest BCUT2D eigenvalue weighted by molar-refractivity contribution is -0.231. The van der Waals surface area contributed by atoms with Crippen LogP contribution in [0.25, 0.3) is 11.4 Å². The summed E-state index contributed by atoms with van der Waals surface area (Å²) in [4.78, 5) is 0.0737. The monoisotopic (exact) mass is 316 g/mol. The molecule has 9 heteroatoms. The maximum Gasteiger partial charge on any atom is 0.484 e. The maximum atomic E-state index is 13.8. The van der Waals surface area contributed by atoms with Crippen LogP contribution < -0.4 is 5.73 Å². The molecule has 0 saturated carbocycles. The summed E-state index contributed by atoms with van der Waals surface area (Å²) in [6, 6.07) is 2.73. The zero-order chi connectivity index (χ0) is 16.1. The molecule has 1 aromatic carbocycles. The average Bonchev–Trinajstić information content (AvgIpc) is 2.82. The summed E-state index contributed by atoms with van der Waals surface area (Å²) in [7, 11) is 0. The van der Waals surface area contributed by atoms with Crippen LogP contribution in [-0.4, -0.2) is 21.0 Å².